The molecule has 1 heterocycles. The van der Waals surface area contributed by atoms with E-state index in [0.717, 1.165) is 24.4 Å². The molecule has 2 atom stereocenters. The van der Waals surface area contributed by atoms with Gasteiger partial charge in [0.15, 0.2) is 0 Å². The fourth-order valence-electron chi connectivity index (χ4n) is 3.12. The van der Waals surface area contributed by atoms with Gasteiger partial charge in [-0.1, -0.05) is 40.5 Å². The first-order valence-corrected chi connectivity index (χ1v) is 8.12. The molecule has 108 valence electrons. The van der Waals surface area contributed by atoms with Crippen molar-refractivity contribution in [2.75, 3.05) is 26.2 Å². The molecular formula is C16H34N2. The maximum Gasteiger partial charge on any atom is 0.0220 e. The number of nitrogens with zero attached hydrogens (tertiary/aromatic N) is 1. The highest BCUT2D eigenvalue weighted by molar-refractivity contribution is 4.82. The van der Waals surface area contributed by atoms with Gasteiger partial charge in [0.25, 0.3) is 0 Å². The molecule has 0 radical (unpaired) electrons. The van der Waals surface area contributed by atoms with Gasteiger partial charge < -0.3 is 5.32 Å². The minimum atomic E-state index is 0.763. The minimum Gasteiger partial charge on any atom is -0.315 e. The van der Waals surface area contributed by atoms with Crippen molar-refractivity contribution >= 4 is 0 Å². The molecule has 18 heavy (non-hydrogen) atoms. The van der Waals surface area contributed by atoms with Crippen LogP contribution in [0, 0.1) is 11.8 Å². The van der Waals surface area contributed by atoms with E-state index in [1.807, 2.05) is 0 Å². The molecule has 2 nitrogen and oxygen atoms in total. The van der Waals surface area contributed by atoms with Crippen LogP contribution in [0.5, 0.6) is 0 Å². The SMILES string of the molecule is CCCC1CCN(C(CCC)CNCC(C)C)C1. The maximum atomic E-state index is 3.65. The Morgan fingerprint density at radius 2 is 1.94 bits per heavy atom. The van der Waals surface area contributed by atoms with Crippen LogP contribution in [0.3, 0.4) is 0 Å². The molecule has 0 aromatic rings. The highest BCUT2D eigenvalue weighted by atomic mass is 15.2. The number of hydrogen-bond acceptors (Lipinski definition) is 2. The van der Waals surface area contributed by atoms with Crippen molar-refractivity contribution in [3.05, 3.63) is 0 Å². The normalized spacial score (nSPS) is 22.8. The van der Waals surface area contributed by atoms with Crippen molar-refractivity contribution in [2.24, 2.45) is 11.8 Å². The third-order valence-electron chi connectivity index (χ3n) is 4.09. The largest absolute Gasteiger partial charge is 0.315 e. The molecule has 1 aliphatic rings. The topological polar surface area (TPSA) is 15.3 Å². The second-order valence-corrected chi connectivity index (χ2v) is 6.43. The molecular weight excluding hydrogens is 220 g/mol. The number of hydrogen-bond donors (Lipinski definition) is 1. The van der Waals surface area contributed by atoms with E-state index in [1.165, 1.54) is 51.7 Å². The molecule has 2 heteroatoms. The van der Waals surface area contributed by atoms with E-state index in [9.17, 15) is 0 Å². The molecule has 0 bridgehead atoms. The molecule has 0 aliphatic carbocycles. The summed E-state index contributed by atoms with van der Waals surface area (Å²) in [6, 6.07) is 0.774. The van der Waals surface area contributed by atoms with Crippen LogP contribution in [0.2, 0.25) is 0 Å². The molecule has 0 amide bonds. The lowest BCUT2D eigenvalue weighted by atomic mass is 10.0. The molecule has 1 fully saturated rings. The van der Waals surface area contributed by atoms with Crippen LogP contribution in [0.25, 0.3) is 0 Å². The Bertz CT molecular complexity index is 203. The average molecular weight is 254 g/mol. The van der Waals surface area contributed by atoms with Gasteiger partial charge in [-0.15, -0.1) is 0 Å². The second kappa shape index (κ2) is 8.92. The Morgan fingerprint density at radius 1 is 1.17 bits per heavy atom. The Labute approximate surface area is 115 Å². The first-order valence-electron chi connectivity index (χ1n) is 8.12. The van der Waals surface area contributed by atoms with Gasteiger partial charge in [0.05, 0.1) is 0 Å². The number of rotatable bonds is 9. The Morgan fingerprint density at radius 3 is 2.56 bits per heavy atom. The van der Waals surface area contributed by atoms with Gasteiger partial charge in [-0.25, -0.2) is 0 Å². The minimum absolute atomic E-state index is 0.763. The van der Waals surface area contributed by atoms with Crippen LogP contribution < -0.4 is 5.32 Å². The zero-order valence-corrected chi connectivity index (χ0v) is 13.0. The van der Waals surface area contributed by atoms with Crippen LogP contribution in [0.1, 0.15) is 59.8 Å². The van der Waals surface area contributed by atoms with Gasteiger partial charge in [0.1, 0.15) is 0 Å². The van der Waals surface area contributed by atoms with Gasteiger partial charge in [-0.2, -0.15) is 0 Å². The summed E-state index contributed by atoms with van der Waals surface area (Å²) in [6.07, 6.45) is 6.86. The van der Waals surface area contributed by atoms with Crippen LogP contribution >= 0.6 is 0 Å². The molecule has 1 aliphatic heterocycles. The van der Waals surface area contributed by atoms with Crippen LogP contribution in [0.15, 0.2) is 0 Å². The van der Waals surface area contributed by atoms with Gasteiger partial charge >= 0.3 is 0 Å². The molecule has 2 unspecified atom stereocenters. The Hall–Kier alpha value is -0.0800. The number of nitrogens with one attached hydrogen (secondary N) is 1. The number of likely N-dealkylation sites (tertiary alicyclic amines) is 1. The first-order chi connectivity index (χ1) is 8.67. The highest BCUT2D eigenvalue weighted by Crippen LogP contribution is 2.23. The third-order valence-corrected chi connectivity index (χ3v) is 4.09. The molecule has 1 N–H and O–H groups in total. The summed E-state index contributed by atoms with van der Waals surface area (Å²) in [6.45, 7) is 14.2. The van der Waals surface area contributed by atoms with Crippen molar-refractivity contribution in [2.45, 2.75) is 65.8 Å². The fraction of sp³-hybridized carbons (Fsp3) is 1.00. The summed E-state index contributed by atoms with van der Waals surface area (Å²) in [7, 11) is 0. The van der Waals surface area contributed by atoms with Crippen molar-refractivity contribution in [3.8, 4) is 0 Å². The van der Waals surface area contributed by atoms with Crippen molar-refractivity contribution in [1.29, 1.82) is 0 Å². The monoisotopic (exact) mass is 254 g/mol. The second-order valence-electron chi connectivity index (χ2n) is 6.43. The Balaban J connectivity index is 2.32. The zero-order chi connectivity index (χ0) is 13.4. The predicted molar refractivity (Wildman–Crippen MR) is 81.0 cm³/mol. The van der Waals surface area contributed by atoms with Gasteiger partial charge in [-0.3, -0.25) is 4.90 Å². The smallest absolute Gasteiger partial charge is 0.0220 e. The summed E-state index contributed by atoms with van der Waals surface area (Å²) in [5.41, 5.74) is 0. The summed E-state index contributed by atoms with van der Waals surface area (Å²) >= 11 is 0. The summed E-state index contributed by atoms with van der Waals surface area (Å²) < 4.78 is 0. The predicted octanol–water partition coefficient (Wildman–Crippen LogP) is 3.52. The standard InChI is InChI=1S/C16H34N2/c1-5-7-15-9-10-18(13-15)16(8-6-2)12-17-11-14(3)4/h14-17H,5-13H2,1-4H3. The lowest BCUT2D eigenvalue weighted by Crippen LogP contribution is -2.42. The molecule has 1 saturated heterocycles. The van der Waals surface area contributed by atoms with Crippen LogP contribution in [0.4, 0.5) is 0 Å². The molecule has 0 aromatic carbocycles. The van der Waals surface area contributed by atoms with E-state index in [2.05, 4.69) is 37.9 Å². The lowest BCUT2D eigenvalue weighted by molar-refractivity contribution is 0.212. The molecule has 1 rings (SSSR count). The fourth-order valence-corrected chi connectivity index (χ4v) is 3.12. The van der Waals surface area contributed by atoms with Crippen LogP contribution in [-0.4, -0.2) is 37.1 Å². The summed E-state index contributed by atoms with van der Waals surface area (Å²) in [4.78, 5) is 2.75. The average Bonchev–Trinajstić information content (AvgIpc) is 2.76. The van der Waals surface area contributed by atoms with Gasteiger partial charge in [0, 0.05) is 19.1 Å². The van der Waals surface area contributed by atoms with Crippen molar-refractivity contribution in [1.82, 2.24) is 10.2 Å². The van der Waals surface area contributed by atoms with Crippen molar-refractivity contribution in [3.63, 3.8) is 0 Å². The summed E-state index contributed by atoms with van der Waals surface area (Å²) in [5, 5.41) is 3.65. The molecule has 0 spiro atoms. The van der Waals surface area contributed by atoms with E-state index in [-0.39, 0.29) is 0 Å². The van der Waals surface area contributed by atoms with Gasteiger partial charge in [0.2, 0.25) is 0 Å². The highest BCUT2D eigenvalue weighted by Gasteiger charge is 2.26. The van der Waals surface area contributed by atoms with Crippen molar-refractivity contribution < 1.29 is 0 Å². The van der Waals surface area contributed by atoms with E-state index >= 15 is 0 Å². The summed E-state index contributed by atoms with van der Waals surface area (Å²) in [5.74, 6) is 1.73. The maximum absolute atomic E-state index is 3.65. The quantitative estimate of drug-likeness (QED) is 0.677. The van der Waals surface area contributed by atoms with E-state index in [1.54, 1.807) is 0 Å². The Kier molecular flexibility index (Phi) is 7.92. The third kappa shape index (κ3) is 5.71. The van der Waals surface area contributed by atoms with E-state index in [4.69, 9.17) is 0 Å². The first kappa shape index (κ1) is 16.0. The molecule has 0 aromatic heterocycles. The zero-order valence-electron chi connectivity index (χ0n) is 13.0. The van der Waals surface area contributed by atoms with Gasteiger partial charge in [-0.05, 0) is 44.2 Å². The van der Waals surface area contributed by atoms with E-state index < -0.39 is 0 Å². The lowest BCUT2D eigenvalue weighted by Gasteiger charge is -2.28. The van der Waals surface area contributed by atoms with Crippen LogP contribution in [-0.2, 0) is 0 Å². The van der Waals surface area contributed by atoms with E-state index in [0.29, 0.717) is 0 Å². The molecule has 0 saturated carbocycles.